The molecule has 2 heterocycles. The van der Waals surface area contributed by atoms with E-state index in [2.05, 4.69) is 37.9 Å². The number of imide groups is 1. The van der Waals surface area contributed by atoms with Crippen LogP contribution in [0.4, 0.5) is 9.18 Å². The second-order valence-corrected chi connectivity index (χ2v) is 11.5. The predicted octanol–water partition coefficient (Wildman–Crippen LogP) is 6.55. The summed E-state index contributed by atoms with van der Waals surface area (Å²) >= 11 is 7.74. The van der Waals surface area contributed by atoms with Gasteiger partial charge in [0.25, 0.3) is 11.1 Å². The maximum absolute atomic E-state index is 13.9. The smallest absolute Gasteiger partial charge is 0.294 e. The first kappa shape index (κ1) is 26.6. The van der Waals surface area contributed by atoms with Gasteiger partial charge in [0.05, 0.1) is 13.9 Å². The molecule has 1 fully saturated rings. The number of benzene rings is 3. The van der Waals surface area contributed by atoms with Gasteiger partial charge in [0.2, 0.25) is 5.91 Å². The van der Waals surface area contributed by atoms with E-state index in [1.165, 1.54) is 11.6 Å². The first-order valence-corrected chi connectivity index (χ1v) is 14.2. The van der Waals surface area contributed by atoms with Crippen LogP contribution in [0.1, 0.15) is 22.3 Å². The number of fused-ring (bicyclic) bond motifs is 1. The highest BCUT2D eigenvalue weighted by molar-refractivity contribution is 9.11. The van der Waals surface area contributed by atoms with Crippen molar-refractivity contribution < 1.29 is 23.5 Å². The summed E-state index contributed by atoms with van der Waals surface area (Å²) in [5.41, 5.74) is 3.36. The quantitative estimate of drug-likeness (QED) is 0.281. The van der Waals surface area contributed by atoms with Crippen LogP contribution in [0.15, 0.2) is 74.5 Å². The molecular formula is C28H21Br2FN2O4S. The highest BCUT2D eigenvalue weighted by atomic mass is 79.9. The minimum absolute atomic E-state index is 0.0404. The number of hydrogen-bond acceptors (Lipinski definition) is 5. The molecule has 0 unspecified atom stereocenters. The summed E-state index contributed by atoms with van der Waals surface area (Å²) in [6, 6.07) is 17.8. The molecule has 0 atom stereocenters. The monoisotopic (exact) mass is 658 g/mol. The Hall–Kier alpha value is -2.95. The van der Waals surface area contributed by atoms with Crippen LogP contribution in [0.3, 0.4) is 0 Å². The summed E-state index contributed by atoms with van der Waals surface area (Å²) in [6.07, 6.45) is 2.34. The number of amides is 3. The Morgan fingerprint density at radius 3 is 2.45 bits per heavy atom. The average molecular weight is 660 g/mol. The fourth-order valence-electron chi connectivity index (χ4n) is 4.30. The van der Waals surface area contributed by atoms with Gasteiger partial charge in [-0.25, -0.2) is 4.39 Å². The zero-order valence-electron chi connectivity index (χ0n) is 20.0. The van der Waals surface area contributed by atoms with Crippen molar-refractivity contribution in [3.63, 3.8) is 0 Å². The molecule has 194 valence electrons. The minimum Gasteiger partial charge on any atom is -0.486 e. The third-order valence-electron chi connectivity index (χ3n) is 6.30. The second-order valence-electron chi connectivity index (χ2n) is 8.80. The lowest BCUT2D eigenvalue weighted by atomic mass is 10.00. The normalized spacial score (nSPS) is 16.2. The van der Waals surface area contributed by atoms with Crippen LogP contribution >= 0.6 is 43.6 Å². The SMILES string of the molecule is O=C(CN1C(=O)S/C(=C/c2cc(Br)c(OCc3ccccc3F)c(Br)c2)C1=O)N1CCc2ccccc2C1. The largest absolute Gasteiger partial charge is 0.486 e. The van der Waals surface area contributed by atoms with E-state index in [0.717, 1.165) is 28.6 Å². The van der Waals surface area contributed by atoms with Crippen molar-refractivity contribution in [3.8, 4) is 5.75 Å². The number of rotatable bonds is 6. The highest BCUT2D eigenvalue weighted by Crippen LogP contribution is 2.38. The van der Waals surface area contributed by atoms with Crippen LogP contribution < -0.4 is 4.74 Å². The van der Waals surface area contributed by atoms with E-state index in [4.69, 9.17) is 4.74 Å². The summed E-state index contributed by atoms with van der Waals surface area (Å²) < 4.78 is 20.9. The van der Waals surface area contributed by atoms with Crippen molar-refractivity contribution in [2.75, 3.05) is 13.1 Å². The molecule has 1 saturated heterocycles. The van der Waals surface area contributed by atoms with Gasteiger partial charge in [-0.05, 0) is 91.0 Å². The van der Waals surface area contributed by atoms with Crippen molar-refractivity contribution in [1.82, 2.24) is 9.80 Å². The van der Waals surface area contributed by atoms with Gasteiger partial charge in [-0.1, -0.05) is 42.5 Å². The molecule has 10 heteroatoms. The average Bonchev–Trinajstić information content (AvgIpc) is 3.16. The van der Waals surface area contributed by atoms with Crippen LogP contribution in [0, 0.1) is 5.82 Å². The van der Waals surface area contributed by atoms with Gasteiger partial charge in [-0.2, -0.15) is 0 Å². The molecule has 0 spiro atoms. The zero-order chi connectivity index (χ0) is 26.8. The van der Waals surface area contributed by atoms with E-state index in [1.54, 1.807) is 41.3 Å². The predicted molar refractivity (Wildman–Crippen MR) is 151 cm³/mol. The number of ether oxygens (including phenoxy) is 1. The number of hydrogen-bond donors (Lipinski definition) is 0. The van der Waals surface area contributed by atoms with Crippen molar-refractivity contribution in [2.24, 2.45) is 0 Å². The molecule has 3 aromatic carbocycles. The van der Waals surface area contributed by atoms with Gasteiger partial charge in [0, 0.05) is 18.7 Å². The first-order chi connectivity index (χ1) is 18.3. The molecule has 38 heavy (non-hydrogen) atoms. The molecule has 3 aromatic rings. The van der Waals surface area contributed by atoms with Crippen molar-refractivity contribution in [2.45, 2.75) is 19.6 Å². The molecule has 5 rings (SSSR count). The highest BCUT2D eigenvalue weighted by Gasteiger charge is 2.37. The fraction of sp³-hybridized carbons (Fsp3) is 0.179. The van der Waals surface area contributed by atoms with E-state index in [1.807, 2.05) is 18.2 Å². The molecule has 6 nitrogen and oxygen atoms in total. The number of thioether (sulfide) groups is 1. The van der Waals surface area contributed by atoms with E-state index >= 15 is 0 Å². The van der Waals surface area contributed by atoms with Crippen LogP contribution in [0.5, 0.6) is 5.75 Å². The third-order valence-corrected chi connectivity index (χ3v) is 8.38. The fourth-order valence-corrected chi connectivity index (χ4v) is 6.59. The molecule has 0 saturated carbocycles. The third kappa shape index (κ3) is 5.72. The minimum atomic E-state index is -0.502. The first-order valence-electron chi connectivity index (χ1n) is 11.8. The Kier molecular flexibility index (Phi) is 8.01. The van der Waals surface area contributed by atoms with E-state index in [9.17, 15) is 18.8 Å². The second kappa shape index (κ2) is 11.4. The molecule has 0 aromatic heterocycles. The Morgan fingerprint density at radius 2 is 1.71 bits per heavy atom. The van der Waals surface area contributed by atoms with Crippen molar-refractivity contribution in [3.05, 3.63) is 103 Å². The molecule has 0 bridgehead atoms. The van der Waals surface area contributed by atoms with Crippen molar-refractivity contribution in [1.29, 1.82) is 0 Å². The lowest BCUT2D eigenvalue weighted by Gasteiger charge is -2.29. The van der Waals surface area contributed by atoms with Gasteiger partial charge in [0.15, 0.2) is 0 Å². The Balaban J connectivity index is 1.26. The molecule has 2 aliphatic rings. The number of carbonyl (C=O) groups is 3. The van der Waals surface area contributed by atoms with Gasteiger partial charge >= 0.3 is 0 Å². The number of carbonyl (C=O) groups excluding carboxylic acids is 3. The summed E-state index contributed by atoms with van der Waals surface area (Å²) in [5.74, 6) is -0.634. The topological polar surface area (TPSA) is 66.9 Å². The number of halogens is 3. The summed E-state index contributed by atoms with van der Waals surface area (Å²) in [6.45, 7) is 0.767. The zero-order valence-corrected chi connectivity index (χ0v) is 23.9. The Labute approximate surface area is 240 Å². The maximum atomic E-state index is 13.9. The van der Waals surface area contributed by atoms with Crippen LogP contribution in [-0.2, 0) is 29.2 Å². The Bertz CT molecular complexity index is 1460. The molecule has 3 amide bonds. The molecule has 0 aliphatic carbocycles. The molecule has 0 N–H and O–H groups in total. The summed E-state index contributed by atoms with van der Waals surface area (Å²) in [5, 5.41) is -0.477. The maximum Gasteiger partial charge on any atom is 0.294 e. The van der Waals surface area contributed by atoms with Crippen LogP contribution in [0.25, 0.3) is 6.08 Å². The summed E-state index contributed by atoms with van der Waals surface area (Å²) in [4.78, 5) is 41.5. The van der Waals surface area contributed by atoms with Crippen LogP contribution in [0.2, 0.25) is 0 Å². The lowest BCUT2D eigenvalue weighted by molar-refractivity contribution is -0.136. The van der Waals surface area contributed by atoms with E-state index in [0.29, 0.717) is 38.9 Å². The lowest BCUT2D eigenvalue weighted by Crippen LogP contribution is -2.44. The van der Waals surface area contributed by atoms with E-state index in [-0.39, 0.29) is 29.8 Å². The van der Waals surface area contributed by atoms with E-state index < -0.39 is 11.1 Å². The van der Waals surface area contributed by atoms with Crippen LogP contribution in [-0.4, -0.2) is 39.9 Å². The number of nitrogens with zero attached hydrogens (tertiary/aromatic N) is 2. The molecule has 2 aliphatic heterocycles. The summed E-state index contributed by atoms with van der Waals surface area (Å²) in [7, 11) is 0. The Morgan fingerprint density at radius 1 is 1.03 bits per heavy atom. The van der Waals surface area contributed by atoms with Crippen molar-refractivity contribution >= 4 is 66.8 Å². The molecular weight excluding hydrogens is 639 g/mol. The standard InChI is InChI=1S/C28H21Br2FN2O4S/c29-21-11-17(12-22(30)26(21)37-16-20-7-3-4-8-23(20)31)13-24-27(35)33(28(36)38-24)15-25(34)32-10-9-18-5-1-2-6-19(18)14-32/h1-8,11-13H,9-10,14-16H2/b24-13+. The van der Waals surface area contributed by atoms with Gasteiger partial charge in [-0.15, -0.1) is 0 Å². The van der Waals surface area contributed by atoms with Gasteiger partial charge in [-0.3, -0.25) is 19.3 Å². The van der Waals surface area contributed by atoms with Gasteiger partial charge < -0.3 is 9.64 Å². The molecule has 0 radical (unpaired) electrons. The van der Waals surface area contributed by atoms with Gasteiger partial charge in [0.1, 0.15) is 24.7 Å².